The highest BCUT2D eigenvalue weighted by atomic mass is 16.3. The molecule has 1 rings (SSSR count). The SMILES string of the molecule is CCNCCC(=O)Nc1ccc(CO)cc1. The number of hydrogen-bond acceptors (Lipinski definition) is 3. The molecule has 0 unspecified atom stereocenters. The van der Waals surface area contributed by atoms with Crippen LogP contribution in [-0.4, -0.2) is 24.1 Å². The lowest BCUT2D eigenvalue weighted by Gasteiger charge is -2.06. The van der Waals surface area contributed by atoms with Gasteiger partial charge in [0.15, 0.2) is 0 Å². The van der Waals surface area contributed by atoms with Gasteiger partial charge in [-0.1, -0.05) is 19.1 Å². The maximum Gasteiger partial charge on any atom is 0.225 e. The second kappa shape index (κ2) is 6.98. The van der Waals surface area contributed by atoms with Crippen molar-refractivity contribution in [1.82, 2.24) is 5.32 Å². The Labute approximate surface area is 95.7 Å². The molecule has 0 aliphatic carbocycles. The summed E-state index contributed by atoms with van der Waals surface area (Å²) in [5, 5.41) is 14.7. The summed E-state index contributed by atoms with van der Waals surface area (Å²) in [5.41, 5.74) is 1.60. The quantitative estimate of drug-likeness (QED) is 0.632. The van der Waals surface area contributed by atoms with Gasteiger partial charge in [-0.05, 0) is 24.2 Å². The molecule has 0 aliphatic heterocycles. The molecule has 0 fully saturated rings. The molecule has 3 N–H and O–H groups in total. The highest BCUT2D eigenvalue weighted by molar-refractivity contribution is 5.90. The van der Waals surface area contributed by atoms with Gasteiger partial charge in [-0.15, -0.1) is 0 Å². The number of carbonyl (C=O) groups is 1. The van der Waals surface area contributed by atoms with Crippen LogP contribution in [0.2, 0.25) is 0 Å². The van der Waals surface area contributed by atoms with E-state index in [1.165, 1.54) is 0 Å². The Morgan fingerprint density at radius 2 is 2.00 bits per heavy atom. The van der Waals surface area contributed by atoms with E-state index in [9.17, 15) is 4.79 Å². The fraction of sp³-hybridized carbons (Fsp3) is 0.417. The minimum absolute atomic E-state index is 0.00213. The number of hydrogen-bond donors (Lipinski definition) is 3. The average molecular weight is 222 g/mol. The van der Waals surface area contributed by atoms with Crippen molar-refractivity contribution in [3.8, 4) is 0 Å². The number of benzene rings is 1. The monoisotopic (exact) mass is 222 g/mol. The second-order valence-corrected chi connectivity index (χ2v) is 3.51. The standard InChI is InChI=1S/C12H18N2O2/c1-2-13-8-7-12(16)14-11-5-3-10(9-15)4-6-11/h3-6,13,15H,2,7-9H2,1H3,(H,14,16). The molecule has 1 amide bonds. The Kier molecular flexibility index (Phi) is 5.53. The number of nitrogens with one attached hydrogen (secondary N) is 2. The van der Waals surface area contributed by atoms with Gasteiger partial charge in [0.25, 0.3) is 0 Å². The molecule has 4 heteroatoms. The largest absolute Gasteiger partial charge is 0.392 e. The summed E-state index contributed by atoms with van der Waals surface area (Å²) >= 11 is 0. The van der Waals surface area contributed by atoms with Crippen molar-refractivity contribution in [3.63, 3.8) is 0 Å². The van der Waals surface area contributed by atoms with Crippen LogP contribution in [-0.2, 0) is 11.4 Å². The Balaban J connectivity index is 2.37. The molecule has 0 heterocycles. The molecule has 0 bridgehead atoms. The normalized spacial score (nSPS) is 10.1. The molecule has 88 valence electrons. The molecule has 1 aromatic carbocycles. The smallest absolute Gasteiger partial charge is 0.225 e. The van der Waals surface area contributed by atoms with E-state index in [-0.39, 0.29) is 12.5 Å². The molecule has 0 spiro atoms. The van der Waals surface area contributed by atoms with Gasteiger partial charge in [0, 0.05) is 18.7 Å². The van der Waals surface area contributed by atoms with Crippen LogP contribution < -0.4 is 10.6 Å². The van der Waals surface area contributed by atoms with Crippen LogP contribution in [0, 0.1) is 0 Å². The van der Waals surface area contributed by atoms with Gasteiger partial charge in [0.2, 0.25) is 5.91 Å². The molecular weight excluding hydrogens is 204 g/mol. The van der Waals surface area contributed by atoms with Crippen LogP contribution in [0.3, 0.4) is 0 Å². The zero-order valence-corrected chi connectivity index (χ0v) is 9.49. The predicted octanol–water partition coefficient (Wildman–Crippen LogP) is 1.12. The van der Waals surface area contributed by atoms with Crippen molar-refractivity contribution >= 4 is 11.6 Å². The first kappa shape index (κ1) is 12.7. The van der Waals surface area contributed by atoms with Crippen molar-refractivity contribution in [2.24, 2.45) is 0 Å². The van der Waals surface area contributed by atoms with Gasteiger partial charge in [0.1, 0.15) is 0 Å². The average Bonchev–Trinajstić information content (AvgIpc) is 2.30. The van der Waals surface area contributed by atoms with Gasteiger partial charge in [0.05, 0.1) is 6.61 Å². The molecule has 0 saturated heterocycles. The summed E-state index contributed by atoms with van der Waals surface area (Å²) in [6.07, 6.45) is 0.468. The first-order chi connectivity index (χ1) is 7.76. The van der Waals surface area contributed by atoms with Gasteiger partial charge < -0.3 is 15.7 Å². The van der Waals surface area contributed by atoms with Crippen molar-refractivity contribution in [2.45, 2.75) is 20.0 Å². The second-order valence-electron chi connectivity index (χ2n) is 3.51. The lowest BCUT2D eigenvalue weighted by molar-refractivity contribution is -0.116. The third-order valence-corrected chi connectivity index (χ3v) is 2.20. The highest BCUT2D eigenvalue weighted by Crippen LogP contribution is 2.09. The molecular formula is C12H18N2O2. The number of aliphatic hydroxyl groups excluding tert-OH is 1. The fourth-order valence-electron chi connectivity index (χ4n) is 1.30. The minimum Gasteiger partial charge on any atom is -0.392 e. The first-order valence-corrected chi connectivity index (χ1v) is 5.46. The zero-order valence-electron chi connectivity index (χ0n) is 9.49. The van der Waals surface area contributed by atoms with E-state index < -0.39 is 0 Å². The molecule has 16 heavy (non-hydrogen) atoms. The van der Waals surface area contributed by atoms with E-state index in [1.54, 1.807) is 24.3 Å². The van der Waals surface area contributed by atoms with Gasteiger partial charge in [-0.2, -0.15) is 0 Å². The van der Waals surface area contributed by atoms with Crippen molar-refractivity contribution in [3.05, 3.63) is 29.8 Å². The third kappa shape index (κ3) is 4.42. The lowest BCUT2D eigenvalue weighted by Crippen LogP contribution is -2.21. The molecule has 0 radical (unpaired) electrons. The van der Waals surface area contributed by atoms with Crippen LogP contribution in [0.1, 0.15) is 18.9 Å². The van der Waals surface area contributed by atoms with Crippen LogP contribution in [0.4, 0.5) is 5.69 Å². The van der Waals surface area contributed by atoms with Gasteiger partial charge in [-0.3, -0.25) is 4.79 Å². The Morgan fingerprint density at radius 3 is 2.56 bits per heavy atom. The summed E-state index contributed by atoms with van der Waals surface area (Å²) in [5.74, 6) is -0.00213. The van der Waals surface area contributed by atoms with Crippen LogP contribution in [0.15, 0.2) is 24.3 Å². The molecule has 0 aliphatic rings. The topological polar surface area (TPSA) is 61.4 Å². The van der Waals surface area contributed by atoms with E-state index in [4.69, 9.17) is 5.11 Å². The summed E-state index contributed by atoms with van der Waals surface area (Å²) < 4.78 is 0. The molecule has 0 aromatic heterocycles. The van der Waals surface area contributed by atoms with Crippen LogP contribution in [0.5, 0.6) is 0 Å². The number of amides is 1. The molecule has 1 aromatic rings. The van der Waals surface area contributed by atoms with E-state index in [0.717, 1.165) is 17.8 Å². The van der Waals surface area contributed by atoms with E-state index in [0.29, 0.717) is 13.0 Å². The van der Waals surface area contributed by atoms with Crippen LogP contribution in [0.25, 0.3) is 0 Å². The molecule has 0 saturated carbocycles. The van der Waals surface area contributed by atoms with E-state index >= 15 is 0 Å². The number of carbonyl (C=O) groups excluding carboxylic acids is 1. The summed E-state index contributed by atoms with van der Waals surface area (Å²) in [4.78, 5) is 11.4. The number of rotatable bonds is 6. The van der Waals surface area contributed by atoms with Gasteiger partial charge >= 0.3 is 0 Å². The Morgan fingerprint density at radius 1 is 1.31 bits per heavy atom. The maximum atomic E-state index is 11.4. The summed E-state index contributed by atoms with van der Waals surface area (Å²) in [7, 11) is 0. The third-order valence-electron chi connectivity index (χ3n) is 2.20. The van der Waals surface area contributed by atoms with Crippen molar-refractivity contribution < 1.29 is 9.90 Å². The highest BCUT2D eigenvalue weighted by Gasteiger charge is 2.01. The predicted molar refractivity (Wildman–Crippen MR) is 64.2 cm³/mol. The Bertz CT molecular complexity index is 322. The van der Waals surface area contributed by atoms with E-state index in [1.807, 2.05) is 6.92 Å². The summed E-state index contributed by atoms with van der Waals surface area (Å²) in [6, 6.07) is 7.16. The first-order valence-electron chi connectivity index (χ1n) is 5.46. The van der Waals surface area contributed by atoms with E-state index in [2.05, 4.69) is 10.6 Å². The van der Waals surface area contributed by atoms with Crippen molar-refractivity contribution in [2.75, 3.05) is 18.4 Å². The lowest BCUT2D eigenvalue weighted by atomic mass is 10.2. The zero-order chi connectivity index (χ0) is 11.8. The number of aliphatic hydroxyl groups is 1. The fourth-order valence-corrected chi connectivity index (χ4v) is 1.30. The maximum absolute atomic E-state index is 11.4. The minimum atomic E-state index is -0.00213. The molecule has 4 nitrogen and oxygen atoms in total. The summed E-state index contributed by atoms with van der Waals surface area (Å²) in [6.45, 7) is 3.59. The molecule has 0 atom stereocenters. The van der Waals surface area contributed by atoms with Crippen LogP contribution >= 0.6 is 0 Å². The van der Waals surface area contributed by atoms with Gasteiger partial charge in [-0.25, -0.2) is 0 Å². The Hall–Kier alpha value is -1.39. The van der Waals surface area contributed by atoms with Crippen molar-refractivity contribution in [1.29, 1.82) is 0 Å². The number of anilines is 1.